The molecule has 0 radical (unpaired) electrons. The Morgan fingerprint density at radius 3 is 2.86 bits per heavy atom. The molecule has 78 valence electrons. The third kappa shape index (κ3) is 2.80. The fourth-order valence-electron chi connectivity index (χ4n) is 2.05. The highest BCUT2D eigenvalue weighted by molar-refractivity contribution is 7.09. The molecule has 1 fully saturated rings. The van der Waals surface area contributed by atoms with Gasteiger partial charge in [-0.25, -0.2) is 0 Å². The molecule has 2 rings (SSSR count). The van der Waals surface area contributed by atoms with Crippen LogP contribution in [0.25, 0.3) is 0 Å². The highest BCUT2D eigenvalue weighted by atomic mass is 32.1. The minimum absolute atomic E-state index is 0.312. The molecule has 0 saturated carbocycles. The summed E-state index contributed by atoms with van der Waals surface area (Å²) in [6.07, 6.45) is 3.74. The van der Waals surface area contributed by atoms with Crippen molar-refractivity contribution in [1.29, 1.82) is 0 Å². The maximum atomic E-state index is 6.11. The number of thiophene rings is 1. The van der Waals surface area contributed by atoms with E-state index in [1.54, 1.807) is 0 Å². The van der Waals surface area contributed by atoms with Crippen LogP contribution in [0.2, 0.25) is 0 Å². The first-order chi connectivity index (χ1) is 6.84. The van der Waals surface area contributed by atoms with E-state index in [0.717, 1.165) is 13.0 Å². The van der Waals surface area contributed by atoms with Gasteiger partial charge < -0.3 is 10.6 Å². The van der Waals surface area contributed by atoms with Gasteiger partial charge in [-0.1, -0.05) is 6.07 Å². The van der Waals surface area contributed by atoms with Crippen molar-refractivity contribution in [3.63, 3.8) is 0 Å². The summed E-state index contributed by atoms with van der Waals surface area (Å²) in [5.41, 5.74) is 6.11. The third-order valence-corrected chi connectivity index (χ3v) is 3.63. The van der Waals surface area contributed by atoms with Crippen LogP contribution in [0.5, 0.6) is 0 Å². The van der Waals surface area contributed by atoms with Gasteiger partial charge in [0.2, 0.25) is 0 Å². The van der Waals surface area contributed by atoms with Gasteiger partial charge in [0.1, 0.15) is 0 Å². The lowest BCUT2D eigenvalue weighted by molar-refractivity contribution is 0.313. The van der Waals surface area contributed by atoms with E-state index in [4.69, 9.17) is 5.73 Å². The zero-order chi connectivity index (χ0) is 9.80. The van der Waals surface area contributed by atoms with Gasteiger partial charge in [0.05, 0.1) is 0 Å². The van der Waals surface area contributed by atoms with E-state index in [-0.39, 0.29) is 0 Å². The van der Waals surface area contributed by atoms with Crippen molar-refractivity contribution in [2.24, 2.45) is 5.73 Å². The Bertz CT molecular complexity index is 252. The first kappa shape index (κ1) is 10.1. The summed E-state index contributed by atoms with van der Waals surface area (Å²) >= 11 is 1.81. The molecule has 0 aliphatic carbocycles. The summed E-state index contributed by atoms with van der Waals surface area (Å²) < 4.78 is 0. The predicted molar refractivity (Wildman–Crippen MR) is 61.7 cm³/mol. The lowest BCUT2D eigenvalue weighted by Gasteiger charge is -2.19. The van der Waals surface area contributed by atoms with Crippen LogP contribution in [0.15, 0.2) is 17.5 Å². The molecular weight excluding hydrogens is 192 g/mol. The highest BCUT2D eigenvalue weighted by Gasteiger charge is 2.15. The molecule has 2 N–H and O–H groups in total. The lowest BCUT2D eigenvalue weighted by Crippen LogP contribution is -2.37. The fourth-order valence-corrected chi connectivity index (χ4v) is 2.85. The molecule has 1 saturated heterocycles. The number of hydrogen-bond acceptors (Lipinski definition) is 3. The van der Waals surface area contributed by atoms with Crippen LogP contribution < -0.4 is 5.73 Å². The summed E-state index contributed by atoms with van der Waals surface area (Å²) in [6, 6.07) is 4.59. The van der Waals surface area contributed by atoms with Crippen LogP contribution in [0.3, 0.4) is 0 Å². The van der Waals surface area contributed by atoms with Gasteiger partial charge in [-0.05, 0) is 43.8 Å². The first-order valence-electron chi connectivity index (χ1n) is 5.35. The maximum absolute atomic E-state index is 6.11. The Morgan fingerprint density at radius 1 is 1.43 bits per heavy atom. The Kier molecular flexibility index (Phi) is 3.56. The second-order valence-corrected chi connectivity index (χ2v) is 5.08. The van der Waals surface area contributed by atoms with E-state index >= 15 is 0 Å². The van der Waals surface area contributed by atoms with E-state index in [1.165, 1.54) is 30.8 Å². The number of nitrogens with two attached hydrogens (primary N) is 1. The number of rotatable bonds is 4. The van der Waals surface area contributed by atoms with Crippen LogP contribution in [0.4, 0.5) is 0 Å². The minimum atomic E-state index is 0.312. The monoisotopic (exact) mass is 210 g/mol. The van der Waals surface area contributed by atoms with Crippen molar-refractivity contribution in [2.75, 3.05) is 19.6 Å². The zero-order valence-corrected chi connectivity index (χ0v) is 9.30. The van der Waals surface area contributed by atoms with Gasteiger partial charge in [0, 0.05) is 17.5 Å². The Labute approximate surface area is 89.7 Å². The van der Waals surface area contributed by atoms with Gasteiger partial charge in [0.25, 0.3) is 0 Å². The quantitative estimate of drug-likeness (QED) is 0.820. The largest absolute Gasteiger partial charge is 0.326 e. The molecule has 2 nitrogen and oxygen atoms in total. The summed E-state index contributed by atoms with van der Waals surface area (Å²) in [4.78, 5) is 3.90. The molecule has 0 amide bonds. The second kappa shape index (κ2) is 4.91. The van der Waals surface area contributed by atoms with Gasteiger partial charge in [-0.3, -0.25) is 0 Å². The molecular formula is C11H18N2S. The fraction of sp³-hybridized carbons (Fsp3) is 0.636. The Hall–Kier alpha value is -0.380. The number of hydrogen-bond donors (Lipinski definition) is 1. The first-order valence-corrected chi connectivity index (χ1v) is 6.23. The van der Waals surface area contributed by atoms with E-state index < -0.39 is 0 Å². The molecule has 2 heterocycles. The Balaban J connectivity index is 1.75. The van der Waals surface area contributed by atoms with Crippen molar-refractivity contribution >= 4 is 11.3 Å². The molecule has 0 aromatic carbocycles. The zero-order valence-electron chi connectivity index (χ0n) is 8.48. The van der Waals surface area contributed by atoms with Gasteiger partial charge >= 0.3 is 0 Å². The Morgan fingerprint density at radius 2 is 2.21 bits per heavy atom. The molecule has 1 aromatic heterocycles. The van der Waals surface area contributed by atoms with Crippen LogP contribution in [0.1, 0.15) is 17.7 Å². The molecule has 0 bridgehead atoms. The van der Waals surface area contributed by atoms with Crippen molar-refractivity contribution in [1.82, 2.24) is 4.90 Å². The van der Waals surface area contributed by atoms with E-state index in [9.17, 15) is 0 Å². The van der Waals surface area contributed by atoms with Crippen molar-refractivity contribution in [2.45, 2.75) is 25.3 Å². The van der Waals surface area contributed by atoms with Crippen LogP contribution in [-0.4, -0.2) is 30.6 Å². The molecule has 1 atom stereocenters. The van der Waals surface area contributed by atoms with Crippen molar-refractivity contribution < 1.29 is 0 Å². The standard InChI is InChI=1S/C11H18N2S/c12-10(8-11-4-3-7-14-11)9-13-5-1-2-6-13/h3-4,7,10H,1-2,5-6,8-9,12H2/t10-/m1/s1. The third-order valence-electron chi connectivity index (χ3n) is 2.73. The average molecular weight is 210 g/mol. The second-order valence-electron chi connectivity index (χ2n) is 4.05. The molecule has 1 aliphatic heterocycles. The van der Waals surface area contributed by atoms with Gasteiger partial charge in [-0.2, -0.15) is 0 Å². The predicted octanol–water partition coefficient (Wildman–Crippen LogP) is 1.71. The SMILES string of the molecule is N[C@H](Cc1cccs1)CN1CCCC1. The summed E-state index contributed by atoms with van der Waals surface area (Å²) in [5.74, 6) is 0. The summed E-state index contributed by atoms with van der Waals surface area (Å²) in [6.45, 7) is 3.56. The molecule has 0 unspecified atom stereocenters. The topological polar surface area (TPSA) is 29.3 Å². The van der Waals surface area contributed by atoms with Crippen molar-refractivity contribution in [3.05, 3.63) is 22.4 Å². The number of nitrogens with zero attached hydrogens (tertiary/aromatic N) is 1. The summed E-state index contributed by atoms with van der Waals surface area (Å²) in [7, 11) is 0. The van der Waals surface area contributed by atoms with Crippen molar-refractivity contribution in [3.8, 4) is 0 Å². The summed E-state index contributed by atoms with van der Waals surface area (Å²) in [5, 5.41) is 2.12. The van der Waals surface area contributed by atoms with E-state index in [2.05, 4.69) is 22.4 Å². The maximum Gasteiger partial charge on any atom is 0.0216 e. The van der Waals surface area contributed by atoms with Gasteiger partial charge in [-0.15, -0.1) is 11.3 Å². The molecule has 14 heavy (non-hydrogen) atoms. The smallest absolute Gasteiger partial charge is 0.0216 e. The molecule has 1 aliphatic rings. The normalized spacial score (nSPS) is 20.1. The van der Waals surface area contributed by atoms with Gasteiger partial charge in [0.15, 0.2) is 0 Å². The molecule has 3 heteroatoms. The van der Waals surface area contributed by atoms with Crippen LogP contribution >= 0.6 is 11.3 Å². The van der Waals surface area contributed by atoms with Crippen LogP contribution in [0, 0.1) is 0 Å². The minimum Gasteiger partial charge on any atom is -0.326 e. The highest BCUT2D eigenvalue weighted by Crippen LogP contribution is 2.12. The van der Waals surface area contributed by atoms with Crippen LogP contribution in [-0.2, 0) is 6.42 Å². The molecule has 0 spiro atoms. The number of likely N-dealkylation sites (tertiary alicyclic amines) is 1. The molecule has 1 aromatic rings. The lowest BCUT2D eigenvalue weighted by atomic mass is 10.2. The average Bonchev–Trinajstić information content (AvgIpc) is 2.76. The van der Waals surface area contributed by atoms with E-state index in [0.29, 0.717) is 6.04 Å². The van der Waals surface area contributed by atoms with E-state index in [1.807, 2.05) is 11.3 Å².